The molecule has 0 saturated carbocycles. The van der Waals surface area contributed by atoms with Crippen LogP contribution in [0.4, 0.5) is 0 Å². The zero-order valence-corrected chi connectivity index (χ0v) is 17.0. The molecule has 0 aliphatic carbocycles. The first-order chi connectivity index (χ1) is 13.7. The van der Waals surface area contributed by atoms with Gasteiger partial charge in [-0.1, -0.05) is 6.07 Å². The number of rotatable bonds is 7. The van der Waals surface area contributed by atoms with Gasteiger partial charge in [0.2, 0.25) is 0 Å². The van der Waals surface area contributed by atoms with Crippen LogP contribution in [0.1, 0.15) is 17.5 Å². The van der Waals surface area contributed by atoms with Gasteiger partial charge in [-0.15, -0.1) is 0 Å². The van der Waals surface area contributed by atoms with Crippen LogP contribution in [0.3, 0.4) is 0 Å². The molecule has 148 valence electrons. The van der Waals surface area contributed by atoms with Gasteiger partial charge in [-0.25, -0.2) is 0 Å². The summed E-state index contributed by atoms with van der Waals surface area (Å²) in [5.74, 6) is 0.923. The summed E-state index contributed by atoms with van der Waals surface area (Å²) in [6, 6.07) is 10.5. The van der Waals surface area contributed by atoms with Gasteiger partial charge in [0.15, 0.2) is 0 Å². The first kappa shape index (κ1) is 19.0. The third-order valence-corrected chi connectivity index (χ3v) is 5.76. The predicted molar refractivity (Wildman–Crippen MR) is 114 cm³/mol. The molecular weight excluding hydrogens is 348 g/mol. The number of likely N-dealkylation sites (N-methyl/N-ethyl adjacent to an activating group) is 1. The first-order valence-electron chi connectivity index (χ1n) is 10.2. The molecule has 0 amide bonds. The predicted octanol–water partition coefficient (Wildman–Crippen LogP) is 3.27. The van der Waals surface area contributed by atoms with E-state index < -0.39 is 0 Å². The van der Waals surface area contributed by atoms with Crippen LogP contribution < -0.4 is 4.74 Å². The van der Waals surface area contributed by atoms with E-state index in [-0.39, 0.29) is 0 Å². The van der Waals surface area contributed by atoms with Gasteiger partial charge in [0.25, 0.3) is 0 Å². The minimum Gasteiger partial charge on any atom is -0.497 e. The minimum absolute atomic E-state index is 0.842. The van der Waals surface area contributed by atoms with Crippen molar-refractivity contribution in [3.8, 4) is 5.75 Å². The van der Waals surface area contributed by atoms with Crippen LogP contribution in [-0.4, -0.2) is 66.2 Å². The van der Waals surface area contributed by atoms with Crippen molar-refractivity contribution in [3.05, 3.63) is 60.0 Å². The molecule has 1 aliphatic heterocycles. The van der Waals surface area contributed by atoms with Crippen molar-refractivity contribution >= 4 is 10.9 Å². The fourth-order valence-corrected chi connectivity index (χ4v) is 4.06. The van der Waals surface area contributed by atoms with E-state index in [1.54, 1.807) is 7.11 Å². The number of aromatic nitrogens is 2. The van der Waals surface area contributed by atoms with Gasteiger partial charge in [0.1, 0.15) is 5.75 Å². The number of aryl methyl sites for hydroxylation is 1. The van der Waals surface area contributed by atoms with Crippen LogP contribution >= 0.6 is 0 Å². The smallest absolute Gasteiger partial charge is 0.119 e. The molecule has 0 spiro atoms. The van der Waals surface area contributed by atoms with E-state index in [2.05, 4.69) is 56.9 Å². The molecule has 0 unspecified atom stereocenters. The third kappa shape index (κ3) is 4.37. The monoisotopic (exact) mass is 378 g/mol. The zero-order valence-electron chi connectivity index (χ0n) is 17.0. The Labute approximate surface area is 167 Å². The Hall–Kier alpha value is -2.37. The maximum atomic E-state index is 5.48. The van der Waals surface area contributed by atoms with Crippen molar-refractivity contribution in [1.29, 1.82) is 0 Å². The molecule has 1 fully saturated rings. The second-order valence-electron chi connectivity index (χ2n) is 7.78. The number of pyridine rings is 1. The highest BCUT2D eigenvalue weighted by Crippen LogP contribution is 2.27. The van der Waals surface area contributed by atoms with E-state index in [1.165, 1.54) is 61.2 Å². The summed E-state index contributed by atoms with van der Waals surface area (Å²) < 4.78 is 7.83. The Morgan fingerprint density at radius 3 is 2.71 bits per heavy atom. The molecule has 3 heterocycles. The van der Waals surface area contributed by atoms with Crippen molar-refractivity contribution in [1.82, 2.24) is 19.4 Å². The molecule has 3 aromatic rings. The molecule has 5 nitrogen and oxygen atoms in total. The number of hydrogen-bond donors (Lipinski definition) is 0. The SMILES string of the molecule is COc1ccc2c(c1)c(CCCN1CCN(C)CC1)cn2Cc1cccnc1. The Morgan fingerprint density at radius 1 is 1.11 bits per heavy atom. The standard InChI is InChI=1S/C23H30N4O/c1-25-11-13-26(14-12-25)10-4-6-20-18-27(17-19-5-3-9-24-16-19)23-8-7-21(28-2)15-22(20)23/h3,5,7-9,15-16,18H,4,6,10-14,17H2,1-2H3. The fourth-order valence-electron chi connectivity index (χ4n) is 4.06. The molecule has 1 aromatic carbocycles. The van der Waals surface area contributed by atoms with E-state index >= 15 is 0 Å². The van der Waals surface area contributed by atoms with Gasteiger partial charge in [-0.3, -0.25) is 4.98 Å². The molecule has 4 rings (SSSR count). The number of nitrogens with zero attached hydrogens (tertiary/aromatic N) is 4. The lowest BCUT2D eigenvalue weighted by atomic mass is 10.1. The second-order valence-corrected chi connectivity index (χ2v) is 7.78. The molecule has 0 N–H and O–H groups in total. The highest BCUT2D eigenvalue weighted by Gasteiger charge is 2.14. The fraction of sp³-hybridized carbons (Fsp3) is 0.435. The maximum Gasteiger partial charge on any atom is 0.119 e. The number of hydrogen-bond acceptors (Lipinski definition) is 4. The third-order valence-electron chi connectivity index (χ3n) is 5.76. The van der Waals surface area contributed by atoms with Crippen molar-refractivity contribution in [3.63, 3.8) is 0 Å². The number of methoxy groups -OCH3 is 1. The Morgan fingerprint density at radius 2 is 1.96 bits per heavy atom. The molecule has 1 saturated heterocycles. The average Bonchev–Trinajstić information content (AvgIpc) is 3.07. The Balaban J connectivity index is 1.51. The van der Waals surface area contributed by atoms with Crippen LogP contribution in [0.5, 0.6) is 5.75 Å². The second kappa shape index (κ2) is 8.76. The van der Waals surface area contributed by atoms with Gasteiger partial charge in [-0.05, 0) is 61.8 Å². The summed E-state index contributed by atoms with van der Waals surface area (Å²) in [6.45, 7) is 6.76. The molecule has 0 bridgehead atoms. The van der Waals surface area contributed by atoms with Crippen molar-refractivity contribution in [2.24, 2.45) is 0 Å². The Bertz CT molecular complexity index is 898. The van der Waals surface area contributed by atoms with E-state index in [4.69, 9.17) is 4.74 Å². The summed E-state index contributed by atoms with van der Waals surface area (Å²) in [7, 11) is 3.95. The molecule has 0 atom stereocenters. The maximum absolute atomic E-state index is 5.48. The first-order valence-corrected chi connectivity index (χ1v) is 10.2. The van der Waals surface area contributed by atoms with Gasteiger partial charge < -0.3 is 19.1 Å². The zero-order chi connectivity index (χ0) is 19.3. The molecule has 1 aliphatic rings. The van der Waals surface area contributed by atoms with Crippen molar-refractivity contribution in [2.75, 3.05) is 46.9 Å². The van der Waals surface area contributed by atoms with Crippen molar-refractivity contribution < 1.29 is 4.74 Å². The molecule has 0 radical (unpaired) electrons. The van der Waals surface area contributed by atoms with Gasteiger partial charge in [-0.2, -0.15) is 0 Å². The average molecular weight is 379 g/mol. The van der Waals surface area contributed by atoms with Crippen LogP contribution in [0.2, 0.25) is 0 Å². The lowest BCUT2D eigenvalue weighted by Crippen LogP contribution is -2.44. The van der Waals surface area contributed by atoms with E-state index in [0.29, 0.717) is 0 Å². The number of piperazine rings is 1. The number of ether oxygens (including phenoxy) is 1. The van der Waals surface area contributed by atoms with Crippen molar-refractivity contribution in [2.45, 2.75) is 19.4 Å². The lowest BCUT2D eigenvalue weighted by Gasteiger charge is -2.32. The number of fused-ring (bicyclic) bond motifs is 1. The van der Waals surface area contributed by atoms with E-state index in [0.717, 1.165) is 18.7 Å². The summed E-state index contributed by atoms with van der Waals surface area (Å²) in [4.78, 5) is 9.26. The van der Waals surface area contributed by atoms with Gasteiger partial charge in [0.05, 0.1) is 7.11 Å². The topological polar surface area (TPSA) is 33.5 Å². The van der Waals surface area contributed by atoms with Gasteiger partial charge in [0, 0.05) is 62.2 Å². The lowest BCUT2D eigenvalue weighted by molar-refractivity contribution is 0.153. The summed E-state index contributed by atoms with van der Waals surface area (Å²) in [5, 5.41) is 1.31. The highest BCUT2D eigenvalue weighted by molar-refractivity contribution is 5.85. The van der Waals surface area contributed by atoms with Crippen LogP contribution in [0.25, 0.3) is 10.9 Å². The molecule has 2 aromatic heterocycles. The molecule has 28 heavy (non-hydrogen) atoms. The molecular formula is C23H30N4O. The Kier molecular flexibility index (Phi) is 5.93. The summed E-state index contributed by atoms with van der Waals surface area (Å²) in [5.41, 5.74) is 3.89. The summed E-state index contributed by atoms with van der Waals surface area (Å²) >= 11 is 0. The highest BCUT2D eigenvalue weighted by atomic mass is 16.5. The largest absolute Gasteiger partial charge is 0.497 e. The van der Waals surface area contributed by atoms with Crippen LogP contribution in [0.15, 0.2) is 48.9 Å². The van der Waals surface area contributed by atoms with Crippen LogP contribution in [0, 0.1) is 0 Å². The minimum atomic E-state index is 0.842. The quantitative estimate of drug-likeness (QED) is 0.632. The van der Waals surface area contributed by atoms with Gasteiger partial charge >= 0.3 is 0 Å². The summed E-state index contributed by atoms with van der Waals surface area (Å²) in [6.07, 6.45) is 8.37. The molecule has 5 heteroatoms. The number of benzene rings is 1. The normalized spacial score (nSPS) is 15.9. The van der Waals surface area contributed by atoms with E-state index in [9.17, 15) is 0 Å². The van der Waals surface area contributed by atoms with E-state index in [1.807, 2.05) is 18.5 Å². The van der Waals surface area contributed by atoms with Crippen LogP contribution in [-0.2, 0) is 13.0 Å².